The van der Waals surface area contributed by atoms with Crippen molar-refractivity contribution >= 4 is 38.9 Å². The van der Waals surface area contributed by atoms with E-state index in [2.05, 4.69) is 5.32 Å². The molecule has 130 valence electrons. The van der Waals surface area contributed by atoms with Crippen LogP contribution in [0.25, 0.3) is 0 Å². The van der Waals surface area contributed by atoms with Gasteiger partial charge < -0.3 is 5.32 Å². The van der Waals surface area contributed by atoms with Crippen LogP contribution in [0, 0.1) is 0 Å². The van der Waals surface area contributed by atoms with Gasteiger partial charge in [0.2, 0.25) is 5.91 Å². The van der Waals surface area contributed by atoms with Crippen LogP contribution in [0.5, 0.6) is 0 Å². The summed E-state index contributed by atoms with van der Waals surface area (Å²) in [6, 6.07) is 10.2. The van der Waals surface area contributed by atoms with Gasteiger partial charge >= 0.3 is 0 Å². The average Bonchev–Trinajstić information content (AvgIpc) is 3.08. The Morgan fingerprint density at radius 2 is 1.96 bits per heavy atom. The van der Waals surface area contributed by atoms with E-state index in [1.807, 2.05) is 19.1 Å². The first-order chi connectivity index (χ1) is 11.3. The zero-order chi connectivity index (χ0) is 17.7. The number of hydrogen-bond acceptors (Lipinski definition) is 4. The topological polar surface area (TPSA) is 66.5 Å². The number of nitrogens with zero attached hydrogens (tertiary/aromatic N) is 1. The van der Waals surface area contributed by atoms with E-state index in [0.29, 0.717) is 11.4 Å². The van der Waals surface area contributed by atoms with Crippen LogP contribution in [0.15, 0.2) is 46.0 Å². The summed E-state index contributed by atoms with van der Waals surface area (Å²) in [5.41, 5.74) is 0.930. The fraction of sp³-hybridized carbons (Fsp3) is 0.312. The van der Waals surface area contributed by atoms with Crippen molar-refractivity contribution in [2.45, 2.75) is 23.6 Å². The number of nitrogens with one attached hydrogen (secondary N) is 1. The second-order valence-electron chi connectivity index (χ2n) is 5.27. The van der Waals surface area contributed by atoms with Gasteiger partial charge in [-0.15, -0.1) is 11.3 Å². The van der Waals surface area contributed by atoms with Crippen LogP contribution in [0.3, 0.4) is 0 Å². The van der Waals surface area contributed by atoms with Crippen molar-refractivity contribution in [2.24, 2.45) is 0 Å². The van der Waals surface area contributed by atoms with Crippen LogP contribution in [0.2, 0.25) is 5.02 Å². The van der Waals surface area contributed by atoms with E-state index in [4.69, 9.17) is 11.6 Å². The van der Waals surface area contributed by atoms with Gasteiger partial charge in [-0.25, -0.2) is 8.42 Å². The Bertz CT molecular complexity index is 774. The second kappa shape index (κ2) is 8.11. The van der Waals surface area contributed by atoms with Crippen LogP contribution >= 0.6 is 22.9 Å². The first-order valence-corrected chi connectivity index (χ1v) is 10.1. The van der Waals surface area contributed by atoms with Gasteiger partial charge in [-0.2, -0.15) is 4.31 Å². The maximum atomic E-state index is 12.3. The Kier molecular flexibility index (Phi) is 6.40. The maximum absolute atomic E-state index is 12.3. The van der Waals surface area contributed by atoms with E-state index in [0.717, 1.165) is 21.2 Å². The number of rotatable bonds is 7. The summed E-state index contributed by atoms with van der Waals surface area (Å²) in [7, 11) is -2.23. The van der Waals surface area contributed by atoms with Crippen molar-refractivity contribution in [3.05, 3.63) is 52.4 Å². The van der Waals surface area contributed by atoms with Crippen molar-refractivity contribution in [1.29, 1.82) is 0 Å². The molecule has 0 aliphatic heterocycles. The Balaban J connectivity index is 2.02. The van der Waals surface area contributed by atoms with Crippen molar-refractivity contribution in [3.63, 3.8) is 0 Å². The molecule has 0 radical (unpaired) electrons. The van der Waals surface area contributed by atoms with E-state index in [-0.39, 0.29) is 22.7 Å². The number of hydrogen-bond donors (Lipinski definition) is 1. The molecule has 0 aliphatic carbocycles. The fourth-order valence-corrected chi connectivity index (χ4v) is 4.66. The molecule has 8 heteroatoms. The minimum atomic E-state index is -3.63. The monoisotopic (exact) mass is 386 g/mol. The van der Waals surface area contributed by atoms with E-state index in [9.17, 15) is 13.2 Å². The maximum Gasteiger partial charge on any atom is 0.252 e. The number of likely N-dealkylation sites (N-methyl/N-ethyl adjacent to an activating group) is 1. The highest BCUT2D eigenvalue weighted by Crippen LogP contribution is 2.21. The third kappa shape index (κ3) is 4.57. The van der Waals surface area contributed by atoms with Gasteiger partial charge in [0.15, 0.2) is 0 Å². The summed E-state index contributed by atoms with van der Waals surface area (Å²) < 4.78 is 25.9. The number of carbonyl (C=O) groups is 1. The molecule has 1 aromatic heterocycles. The summed E-state index contributed by atoms with van der Waals surface area (Å²) in [5.74, 6) is -0.348. The van der Waals surface area contributed by atoms with E-state index in [1.165, 1.54) is 13.1 Å². The molecule has 1 unspecified atom stereocenters. The van der Waals surface area contributed by atoms with Crippen LogP contribution in [-0.2, 0) is 14.8 Å². The number of amides is 1. The molecule has 0 aliphatic rings. The Hall–Kier alpha value is -1.41. The Morgan fingerprint density at radius 1 is 1.29 bits per heavy atom. The summed E-state index contributed by atoms with van der Waals surface area (Å²) >= 11 is 7.00. The highest BCUT2D eigenvalue weighted by atomic mass is 35.5. The molecule has 0 saturated carbocycles. The fourth-order valence-electron chi connectivity index (χ4n) is 2.21. The molecule has 1 N–H and O–H groups in total. The van der Waals surface area contributed by atoms with Crippen LogP contribution in [0.1, 0.15) is 24.9 Å². The first-order valence-electron chi connectivity index (χ1n) is 7.39. The normalized spacial score (nSPS) is 13.0. The highest BCUT2D eigenvalue weighted by molar-refractivity contribution is 7.91. The molecule has 1 aromatic carbocycles. The highest BCUT2D eigenvalue weighted by Gasteiger charge is 2.24. The molecule has 2 rings (SSSR count). The van der Waals surface area contributed by atoms with Gasteiger partial charge in [-0.1, -0.05) is 36.7 Å². The van der Waals surface area contributed by atoms with Gasteiger partial charge in [0.05, 0.1) is 12.6 Å². The lowest BCUT2D eigenvalue weighted by molar-refractivity contribution is -0.121. The molecule has 0 bridgehead atoms. The van der Waals surface area contributed by atoms with E-state index in [1.54, 1.807) is 23.6 Å². The zero-order valence-electron chi connectivity index (χ0n) is 13.4. The third-order valence-corrected chi connectivity index (χ3v) is 6.97. The quantitative estimate of drug-likeness (QED) is 0.793. The molecule has 24 heavy (non-hydrogen) atoms. The lowest BCUT2D eigenvalue weighted by Crippen LogP contribution is -2.39. The molecule has 5 nitrogen and oxygen atoms in total. The van der Waals surface area contributed by atoms with Gasteiger partial charge in [-0.05, 0) is 35.6 Å². The predicted octanol–water partition coefficient (Wildman–Crippen LogP) is 3.29. The Labute approximate surface area is 151 Å². The van der Waals surface area contributed by atoms with Gasteiger partial charge in [0, 0.05) is 12.1 Å². The van der Waals surface area contributed by atoms with E-state index >= 15 is 0 Å². The molecule has 0 fully saturated rings. The number of thiophene rings is 1. The van der Waals surface area contributed by atoms with Crippen LogP contribution in [0.4, 0.5) is 0 Å². The minimum absolute atomic E-state index is 0.187. The second-order valence-corrected chi connectivity index (χ2v) is 8.93. The van der Waals surface area contributed by atoms with Crippen molar-refractivity contribution in [1.82, 2.24) is 9.62 Å². The molecule has 0 saturated heterocycles. The number of carbonyl (C=O) groups excluding carboxylic acids is 1. The average molecular weight is 387 g/mol. The summed E-state index contributed by atoms with van der Waals surface area (Å²) in [4.78, 5) is 12.2. The standard InChI is InChI=1S/C16H19ClN2O3S2/c1-3-14(12-6-8-13(17)9-7-12)18-15(20)11-19(2)24(21,22)16-5-4-10-23-16/h4-10,14H,3,11H2,1-2H3,(H,18,20). The molecular formula is C16H19ClN2O3S2. The number of benzene rings is 1. The lowest BCUT2D eigenvalue weighted by atomic mass is 10.0. The summed E-state index contributed by atoms with van der Waals surface area (Å²) in [5, 5.41) is 5.18. The van der Waals surface area contributed by atoms with Gasteiger partial charge in [-0.3, -0.25) is 4.79 Å². The van der Waals surface area contributed by atoms with Gasteiger partial charge in [0.1, 0.15) is 4.21 Å². The molecular weight excluding hydrogens is 368 g/mol. The van der Waals surface area contributed by atoms with Crippen molar-refractivity contribution < 1.29 is 13.2 Å². The van der Waals surface area contributed by atoms with Gasteiger partial charge in [0.25, 0.3) is 10.0 Å². The van der Waals surface area contributed by atoms with E-state index < -0.39 is 10.0 Å². The minimum Gasteiger partial charge on any atom is -0.348 e. The largest absolute Gasteiger partial charge is 0.348 e. The zero-order valence-corrected chi connectivity index (χ0v) is 15.8. The summed E-state index contributed by atoms with van der Waals surface area (Å²) in [6.45, 7) is 1.72. The third-order valence-electron chi connectivity index (χ3n) is 3.54. The molecule has 1 atom stereocenters. The van der Waals surface area contributed by atoms with Crippen molar-refractivity contribution in [3.8, 4) is 0 Å². The predicted molar refractivity (Wildman–Crippen MR) is 96.8 cm³/mol. The Morgan fingerprint density at radius 3 is 2.50 bits per heavy atom. The lowest BCUT2D eigenvalue weighted by Gasteiger charge is -2.20. The first kappa shape index (κ1) is 18.9. The molecule has 2 aromatic rings. The molecule has 1 amide bonds. The number of sulfonamides is 1. The smallest absolute Gasteiger partial charge is 0.252 e. The molecule has 1 heterocycles. The SMILES string of the molecule is CCC(NC(=O)CN(C)S(=O)(=O)c1cccs1)c1ccc(Cl)cc1. The van der Waals surface area contributed by atoms with Crippen LogP contribution in [-0.4, -0.2) is 32.2 Å². The summed E-state index contributed by atoms with van der Waals surface area (Å²) in [6.07, 6.45) is 0.689. The number of halogens is 1. The van der Waals surface area contributed by atoms with Crippen LogP contribution < -0.4 is 5.32 Å². The molecule has 0 spiro atoms. The van der Waals surface area contributed by atoms with Crippen molar-refractivity contribution in [2.75, 3.05) is 13.6 Å².